The monoisotopic (exact) mass is 285 g/mol. The molecule has 0 saturated carbocycles. The van der Waals surface area contributed by atoms with Crippen LogP contribution in [0.1, 0.15) is 12.0 Å². The third kappa shape index (κ3) is 4.86. The van der Waals surface area contributed by atoms with Gasteiger partial charge in [0.05, 0.1) is 16.2 Å². The molecule has 0 aliphatic heterocycles. The van der Waals surface area contributed by atoms with Crippen LogP contribution in [0, 0.1) is 21.4 Å². The molecule has 1 rings (SSSR count). The Hall–Kier alpha value is -2.25. The molecule has 0 spiro atoms. The first-order chi connectivity index (χ1) is 8.83. The highest BCUT2D eigenvalue weighted by molar-refractivity contribution is 7.89. The molecule has 10 heteroatoms. The zero-order valence-corrected chi connectivity index (χ0v) is 10.6. The van der Waals surface area contributed by atoms with E-state index in [9.17, 15) is 18.5 Å². The highest BCUT2D eigenvalue weighted by Gasteiger charge is 2.16. The van der Waals surface area contributed by atoms with Crippen LogP contribution in [0.3, 0.4) is 0 Å². The molecule has 0 aliphatic carbocycles. The summed E-state index contributed by atoms with van der Waals surface area (Å²) in [6, 6.07) is 2.84. The predicted molar refractivity (Wildman–Crippen MR) is 66.7 cm³/mol. The largest absolute Gasteiger partial charge is 0.364 e. The zero-order chi connectivity index (χ0) is 14.5. The Balaban J connectivity index is 2.73. The Kier molecular flexibility index (Phi) is 4.74. The van der Waals surface area contributed by atoms with E-state index in [-0.39, 0.29) is 35.8 Å². The second-order valence-corrected chi connectivity index (χ2v) is 5.34. The molecule has 0 aromatic carbocycles. The van der Waals surface area contributed by atoms with E-state index in [2.05, 4.69) is 10.3 Å². The number of pyridine rings is 1. The third-order valence-corrected chi connectivity index (χ3v) is 2.95. The van der Waals surface area contributed by atoms with E-state index in [1.54, 1.807) is 6.07 Å². The van der Waals surface area contributed by atoms with Crippen molar-refractivity contribution in [3.63, 3.8) is 0 Å². The van der Waals surface area contributed by atoms with Crippen molar-refractivity contribution in [1.82, 2.24) is 4.98 Å². The fraction of sp³-hybridized carbons (Fsp3) is 0.333. The molecule has 0 radical (unpaired) electrons. The third-order valence-electron chi connectivity index (χ3n) is 2.09. The van der Waals surface area contributed by atoms with Crippen LogP contribution in [0.4, 0.5) is 11.5 Å². The maximum absolute atomic E-state index is 10.8. The molecular weight excluding hydrogens is 274 g/mol. The van der Waals surface area contributed by atoms with E-state index in [4.69, 9.17) is 10.4 Å². The molecule has 0 atom stereocenters. The second-order valence-electron chi connectivity index (χ2n) is 3.61. The number of hydrogen-bond donors (Lipinski definition) is 2. The lowest BCUT2D eigenvalue weighted by atomic mass is 10.2. The number of aromatic nitrogens is 1. The van der Waals surface area contributed by atoms with E-state index in [0.29, 0.717) is 0 Å². The van der Waals surface area contributed by atoms with Gasteiger partial charge in [0.2, 0.25) is 15.8 Å². The fourth-order valence-corrected chi connectivity index (χ4v) is 1.82. The summed E-state index contributed by atoms with van der Waals surface area (Å²) in [4.78, 5) is 13.9. The maximum Gasteiger partial charge on any atom is 0.312 e. The van der Waals surface area contributed by atoms with Crippen molar-refractivity contribution >= 4 is 21.5 Å². The Morgan fingerprint density at radius 3 is 2.79 bits per heavy atom. The zero-order valence-electron chi connectivity index (χ0n) is 9.74. The highest BCUT2D eigenvalue weighted by atomic mass is 32.2. The molecule has 0 amide bonds. The number of rotatable bonds is 6. The Morgan fingerprint density at radius 2 is 2.26 bits per heavy atom. The predicted octanol–water partition coefficient (Wildman–Crippen LogP) is -0.0480. The lowest BCUT2D eigenvalue weighted by Gasteiger charge is -2.05. The first-order valence-corrected chi connectivity index (χ1v) is 6.84. The van der Waals surface area contributed by atoms with Gasteiger partial charge in [-0.1, -0.05) is 0 Å². The van der Waals surface area contributed by atoms with Crippen LogP contribution < -0.4 is 10.5 Å². The number of nitrogens with zero attached hydrogens (tertiary/aromatic N) is 3. The van der Waals surface area contributed by atoms with Crippen molar-refractivity contribution in [3.8, 4) is 6.07 Å². The normalized spacial score (nSPS) is 10.7. The molecule has 1 heterocycles. The lowest BCUT2D eigenvalue weighted by molar-refractivity contribution is -0.384. The van der Waals surface area contributed by atoms with Gasteiger partial charge >= 0.3 is 5.69 Å². The first kappa shape index (κ1) is 14.8. The van der Waals surface area contributed by atoms with Crippen molar-refractivity contribution < 1.29 is 13.3 Å². The molecule has 102 valence electrons. The van der Waals surface area contributed by atoms with Gasteiger partial charge < -0.3 is 5.32 Å². The van der Waals surface area contributed by atoms with Crippen molar-refractivity contribution in [2.24, 2.45) is 5.14 Å². The van der Waals surface area contributed by atoms with Crippen LogP contribution in [0.5, 0.6) is 0 Å². The van der Waals surface area contributed by atoms with Crippen LogP contribution in [0.2, 0.25) is 0 Å². The molecule has 0 bridgehead atoms. The molecule has 0 aliphatic rings. The van der Waals surface area contributed by atoms with Gasteiger partial charge in [-0.25, -0.2) is 18.5 Å². The summed E-state index contributed by atoms with van der Waals surface area (Å²) >= 11 is 0. The van der Waals surface area contributed by atoms with Gasteiger partial charge in [0.15, 0.2) is 0 Å². The van der Waals surface area contributed by atoms with Crippen LogP contribution in [-0.4, -0.2) is 30.6 Å². The Labute approximate surface area is 109 Å². The molecule has 19 heavy (non-hydrogen) atoms. The van der Waals surface area contributed by atoms with Crippen molar-refractivity contribution in [1.29, 1.82) is 5.26 Å². The summed E-state index contributed by atoms with van der Waals surface area (Å²) in [7, 11) is -3.55. The number of nitro groups is 1. The molecule has 3 N–H and O–H groups in total. The summed E-state index contributed by atoms with van der Waals surface area (Å²) in [5, 5.41) is 26.9. The number of nitrogens with one attached hydrogen (secondary N) is 1. The van der Waals surface area contributed by atoms with Crippen LogP contribution >= 0.6 is 0 Å². The number of primary sulfonamides is 1. The van der Waals surface area contributed by atoms with Gasteiger partial charge in [0.25, 0.3) is 0 Å². The summed E-state index contributed by atoms with van der Waals surface area (Å²) in [6.45, 7) is 0.163. The Bertz CT molecular complexity index is 622. The minimum Gasteiger partial charge on any atom is -0.364 e. The average Bonchev–Trinajstić information content (AvgIpc) is 2.33. The Morgan fingerprint density at radius 1 is 1.58 bits per heavy atom. The van der Waals surface area contributed by atoms with E-state index < -0.39 is 14.9 Å². The summed E-state index contributed by atoms with van der Waals surface area (Å²) < 4.78 is 21.4. The van der Waals surface area contributed by atoms with Gasteiger partial charge in [-0.3, -0.25) is 10.1 Å². The number of hydrogen-bond acceptors (Lipinski definition) is 7. The number of nitrogens with two attached hydrogens (primary N) is 1. The minimum absolute atomic E-state index is 0.0154. The minimum atomic E-state index is -3.55. The fourth-order valence-electron chi connectivity index (χ4n) is 1.27. The van der Waals surface area contributed by atoms with Crippen LogP contribution in [0.25, 0.3) is 0 Å². The maximum atomic E-state index is 10.8. The standard InChI is InChI=1S/C9H11N5O4S/c10-5-7-4-8(14(15)16)9(13-6-7)12-2-1-3-19(11,17)18/h4,6H,1-3H2,(H,12,13)(H2,11,17,18). The van der Waals surface area contributed by atoms with Crippen molar-refractivity contribution in [2.75, 3.05) is 17.6 Å². The second kappa shape index (κ2) is 6.07. The first-order valence-electron chi connectivity index (χ1n) is 5.12. The van der Waals surface area contributed by atoms with E-state index in [1.807, 2.05) is 0 Å². The molecular formula is C9H11N5O4S. The number of nitriles is 1. The van der Waals surface area contributed by atoms with Crippen molar-refractivity contribution in [2.45, 2.75) is 6.42 Å². The SMILES string of the molecule is N#Cc1cnc(NCCCS(N)(=O)=O)c([N+](=O)[O-])c1. The molecule has 9 nitrogen and oxygen atoms in total. The molecule has 0 unspecified atom stereocenters. The topological polar surface area (TPSA) is 152 Å². The molecule has 1 aromatic heterocycles. The highest BCUT2D eigenvalue weighted by Crippen LogP contribution is 2.22. The van der Waals surface area contributed by atoms with Gasteiger partial charge in [-0.2, -0.15) is 5.26 Å². The lowest BCUT2D eigenvalue weighted by Crippen LogP contribution is -2.19. The average molecular weight is 285 g/mol. The molecule has 0 fully saturated rings. The van der Waals surface area contributed by atoms with E-state index in [1.165, 1.54) is 6.20 Å². The van der Waals surface area contributed by atoms with Gasteiger partial charge in [0.1, 0.15) is 6.07 Å². The van der Waals surface area contributed by atoms with E-state index in [0.717, 1.165) is 6.07 Å². The molecule has 0 saturated heterocycles. The quantitative estimate of drug-likeness (QED) is 0.422. The number of anilines is 1. The molecule has 1 aromatic rings. The summed E-state index contributed by atoms with van der Waals surface area (Å²) in [5.74, 6) is -0.247. The van der Waals surface area contributed by atoms with Crippen molar-refractivity contribution in [3.05, 3.63) is 27.9 Å². The summed E-state index contributed by atoms with van der Waals surface area (Å²) in [6.07, 6.45) is 1.38. The van der Waals surface area contributed by atoms with Gasteiger partial charge in [0, 0.05) is 18.8 Å². The van der Waals surface area contributed by atoms with Gasteiger partial charge in [-0.05, 0) is 6.42 Å². The van der Waals surface area contributed by atoms with Gasteiger partial charge in [-0.15, -0.1) is 0 Å². The van der Waals surface area contributed by atoms with Crippen LogP contribution in [0.15, 0.2) is 12.3 Å². The van der Waals surface area contributed by atoms with E-state index >= 15 is 0 Å². The summed E-state index contributed by atoms with van der Waals surface area (Å²) in [5.41, 5.74) is -0.267. The van der Waals surface area contributed by atoms with Crippen LogP contribution in [-0.2, 0) is 10.0 Å². The smallest absolute Gasteiger partial charge is 0.312 e. The number of sulfonamides is 1.